The second-order valence-corrected chi connectivity index (χ2v) is 13.8. The van der Waals surface area contributed by atoms with E-state index in [-0.39, 0.29) is 0 Å². The van der Waals surface area contributed by atoms with E-state index in [1.165, 1.54) is 0 Å². The fourth-order valence-electron chi connectivity index (χ4n) is 7.46. The van der Waals surface area contributed by atoms with Crippen LogP contribution in [-0.4, -0.2) is 18.3 Å². The summed E-state index contributed by atoms with van der Waals surface area (Å²) < 4.78 is 33.1. The maximum atomic E-state index is 6.76. The number of benzene rings is 6. The summed E-state index contributed by atoms with van der Waals surface area (Å²) in [6.07, 6.45) is 0. The Kier molecular flexibility index (Phi) is 5.57. The predicted molar refractivity (Wildman–Crippen MR) is 195 cm³/mol. The van der Waals surface area contributed by atoms with Gasteiger partial charge < -0.3 is 22.6 Å². The van der Waals surface area contributed by atoms with Crippen molar-refractivity contribution in [2.75, 3.05) is 0 Å². The Morgan fingerprint density at radius 1 is 0.396 bits per heavy atom. The van der Waals surface area contributed by atoms with Crippen molar-refractivity contribution >= 4 is 78.4 Å². The van der Waals surface area contributed by atoms with Crippen LogP contribution in [0.5, 0.6) is 0 Å². The zero-order valence-electron chi connectivity index (χ0n) is 27.1. The second kappa shape index (κ2) is 9.63. The molecule has 6 heteroatoms. The molecule has 0 amide bonds. The van der Waals surface area contributed by atoms with Crippen LogP contribution < -0.4 is 5.46 Å². The van der Waals surface area contributed by atoms with Gasteiger partial charge in [0.05, 0.1) is 11.2 Å². The highest BCUT2D eigenvalue weighted by molar-refractivity contribution is 6.66. The summed E-state index contributed by atoms with van der Waals surface area (Å²) in [6, 6.07) is 39.6. The van der Waals surface area contributed by atoms with Gasteiger partial charge in [0, 0.05) is 49.0 Å². The Hall–Kier alpha value is -5.30. The van der Waals surface area contributed by atoms with Crippen LogP contribution in [0, 0.1) is 0 Å². The van der Waals surface area contributed by atoms with Crippen LogP contribution in [0.25, 0.3) is 88.1 Å². The molecule has 10 rings (SSSR count). The molecule has 232 valence electrons. The summed E-state index contributed by atoms with van der Waals surface area (Å²) in [4.78, 5) is 0. The third-order valence-corrected chi connectivity index (χ3v) is 10.6. The molecule has 0 aliphatic carbocycles. The fourth-order valence-corrected chi connectivity index (χ4v) is 7.46. The zero-order valence-corrected chi connectivity index (χ0v) is 27.1. The largest absolute Gasteiger partial charge is 0.495 e. The smallest absolute Gasteiger partial charge is 0.455 e. The van der Waals surface area contributed by atoms with Crippen LogP contribution in [0.1, 0.15) is 27.7 Å². The van der Waals surface area contributed by atoms with Gasteiger partial charge in [-0.05, 0) is 63.0 Å². The Labute approximate surface area is 276 Å². The molecule has 1 fully saturated rings. The van der Waals surface area contributed by atoms with Crippen LogP contribution in [0.3, 0.4) is 0 Å². The van der Waals surface area contributed by atoms with E-state index >= 15 is 0 Å². The van der Waals surface area contributed by atoms with Crippen molar-refractivity contribution in [3.8, 4) is 22.3 Å². The molecule has 6 aromatic carbocycles. The third kappa shape index (κ3) is 3.76. The van der Waals surface area contributed by atoms with Gasteiger partial charge in [-0.2, -0.15) is 0 Å². The average molecular weight is 627 g/mol. The van der Waals surface area contributed by atoms with Crippen LogP contribution >= 0.6 is 0 Å². The van der Waals surface area contributed by atoms with Crippen molar-refractivity contribution in [2.24, 2.45) is 0 Å². The lowest BCUT2D eigenvalue weighted by atomic mass is 9.75. The minimum atomic E-state index is -0.537. The average Bonchev–Trinajstić information content (AvgIpc) is 3.83. The van der Waals surface area contributed by atoms with Crippen LogP contribution in [0.4, 0.5) is 0 Å². The molecule has 0 spiro atoms. The third-order valence-electron chi connectivity index (χ3n) is 10.6. The molecule has 1 saturated heterocycles. The Morgan fingerprint density at radius 3 is 1.52 bits per heavy atom. The molecule has 0 bridgehead atoms. The van der Waals surface area contributed by atoms with Gasteiger partial charge in [-0.15, -0.1) is 0 Å². The van der Waals surface area contributed by atoms with E-state index < -0.39 is 18.3 Å². The summed E-state index contributed by atoms with van der Waals surface area (Å²) in [6.45, 7) is 8.32. The van der Waals surface area contributed by atoms with Gasteiger partial charge in [-0.1, -0.05) is 91.0 Å². The van der Waals surface area contributed by atoms with Crippen molar-refractivity contribution in [2.45, 2.75) is 38.9 Å². The first kappa shape index (κ1) is 27.8. The number of rotatable bonds is 3. The van der Waals surface area contributed by atoms with Crippen molar-refractivity contribution in [1.29, 1.82) is 0 Å². The predicted octanol–water partition coefficient (Wildman–Crippen LogP) is 11.0. The highest BCUT2D eigenvalue weighted by Gasteiger charge is 2.52. The van der Waals surface area contributed by atoms with Gasteiger partial charge in [-0.25, -0.2) is 0 Å². The summed E-state index contributed by atoms with van der Waals surface area (Å²) in [5.41, 5.74) is 8.93. The Morgan fingerprint density at radius 2 is 0.854 bits per heavy atom. The highest BCUT2D eigenvalue weighted by atomic mass is 16.7. The van der Waals surface area contributed by atoms with E-state index in [4.69, 9.17) is 22.6 Å². The molecule has 0 atom stereocenters. The fraction of sp³-hybridized carbons (Fsp3) is 0.143. The maximum absolute atomic E-state index is 6.76. The van der Waals surface area contributed by atoms with E-state index in [1.54, 1.807) is 0 Å². The molecule has 4 heterocycles. The topological polar surface area (TPSA) is 57.9 Å². The Balaban J connectivity index is 1.25. The lowest BCUT2D eigenvalue weighted by Gasteiger charge is -2.32. The summed E-state index contributed by atoms with van der Waals surface area (Å²) in [5, 5.41) is 6.29. The monoisotopic (exact) mass is 626 g/mol. The normalized spacial score (nSPS) is 16.0. The van der Waals surface area contributed by atoms with E-state index in [2.05, 4.69) is 100 Å². The summed E-state index contributed by atoms with van der Waals surface area (Å²) in [7, 11) is -0.537. The molecular weight excluding hydrogens is 595 g/mol. The number of para-hydroxylation sites is 4. The molecule has 0 N–H and O–H groups in total. The van der Waals surface area contributed by atoms with E-state index in [0.29, 0.717) is 0 Å². The van der Waals surface area contributed by atoms with Gasteiger partial charge in [0.25, 0.3) is 0 Å². The van der Waals surface area contributed by atoms with Crippen LogP contribution in [0.15, 0.2) is 129 Å². The van der Waals surface area contributed by atoms with E-state index in [1.807, 2.05) is 42.5 Å². The molecule has 3 aromatic heterocycles. The highest BCUT2D eigenvalue weighted by Crippen LogP contribution is 2.47. The number of fused-ring (bicyclic) bond motifs is 9. The van der Waals surface area contributed by atoms with E-state index in [9.17, 15) is 0 Å². The van der Waals surface area contributed by atoms with Crippen molar-refractivity contribution in [1.82, 2.24) is 0 Å². The SMILES string of the molecule is CC1(C)OB(c2ccc(-c3ccc(-c4cccc5c4oc4ccccc45)c4c3oc3ccccc34)c3oc4ccccc4c23)OC1(C)C. The first-order chi connectivity index (χ1) is 23.3. The van der Waals surface area contributed by atoms with E-state index in [0.717, 1.165) is 93.5 Å². The van der Waals surface area contributed by atoms with Crippen LogP contribution in [-0.2, 0) is 9.31 Å². The van der Waals surface area contributed by atoms with Gasteiger partial charge in [0.2, 0.25) is 0 Å². The summed E-state index contributed by atoms with van der Waals surface area (Å²) >= 11 is 0. The molecule has 1 aliphatic rings. The Bertz CT molecular complexity index is 2740. The molecule has 0 unspecified atom stereocenters. The van der Waals surface area contributed by atoms with Crippen molar-refractivity contribution in [3.63, 3.8) is 0 Å². The molecular formula is C42H31BO5. The maximum Gasteiger partial charge on any atom is 0.495 e. The lowest BCUT2D eigenvalue weighted by molar-refractivity contribution is 0.00578. The molecule has 9 aromatic rings. The quantitative estimate of drug-likeness (QED) is 0.183. The zero-order chi connectivity index (χ0) is 32.4. The minimum absolute atomic E-state index is 0.471. The number of hydrogen-bond donors (Lipinski definition) is 0. The molecule has 48 heavy (non-hydrogen) atoms. The number of hydrogen-bond acceptors (Lipinski definition) is 5. The lowest BCUT2D eigenvalue weighted by Crippen LogP contribution is -2.41. The first-order valence-electron chi connectivity index (χ1n) is 16.4. The van der Waals surface area contributed by atoms with Crippen molar-refractivity contribution < 1.29 is 22.6 Å². The van der Waals surface area contributed by atoms with Gasteiger partial charge in [-0.3, -0.25) is 0 Å². The minimum Gasteiger partial charge on any atom is -0.455 e. The molecule has 1 aliphatic heterocycles. The standard InChI is InChI=1S/C42H31BO5/c1-41(2)42(3,4)48-43(47-41)32-23-22-29(40-37(32)31-14-7-10-19-35(31)46-40)28-21-20-25(36-30-13-6-9-18-34(30)45-39(28)36)27-16-11-15-26-24-12-5-8-17-33(24)44-38(26)27/h5-23H,1-4H3. The molecule has 0 radical (unpaired) electrons. The van der Waals surface area contributed by atoms with Crippen LogP contribution in [0.2, 0.25) is 0 Å². The number of furan rings is 3. The van der Waals surface area contributed by atoms with Gasteiger partial charge in [0.15, 0.2) is 0 Å². The van der Waals surface area contributed by atoms with Crippen molar-refractivity contribution in [3.05, 3.63) is 115 Å². The second-order valence-electron chi connectivity index (χ2n) is 13.8. The summed E-state index contributed by atoms with van der Waals surface area (Å²) in [5.74, 6) is 0. The van der Waals surface area contributed by atoms with Gasteiger partial charge >= 0.3 is 7.12 Å². The molecule has 5 nitrogen and oxygen atoms in total. The first-order valence-corrected chi connectivity index (χ1v) is 16.4. The molecule has 0 saturated carbocycles. The van der Waals surface area contributed by atoms with Gasteiger partial charge in [0.1, 0.15) is 33.5 Å².